The van der Waals surface area contributed by atoms with E-state index in [4.69, 9.17) is 26.0 Å². The highest BCUT2D eigenvalue weighted by Crippen LogP contribution is 2.30. The zero-order chi connectivity index (χ0) is 25.2. The fourth-order valence-corrected chi connectivity index (χ4v) is 4.47. The first-order valence-electron chi connectivity index (χ1n) is 10.4. The van der Waals surface area contributed by atoms with Gasteiger partial charge in [0.1, 0.15) is 30.2 Å². The third-order valence-electron chi connectivity index (χ3n) is 5.48. The number of ether oxygens (including phenoxy) is 2. The lowest BCUT2D eigenvalue weighted by atomic mass is 10.1. The molecule has 0 aromatic carbocycles. The number of nitrogens with zero attached hydrogens (tertiary/aromatic N) is 4. The Kier molecular flexibility index (Phi) is 9.26. The van der Waals surface area contributed by atoms with Gasteiger partial charge >= 0.3 is 11.4 Å². The van der Waals surface area contributed by atoms with Crippen LogP contribution in [0.5, 0.6) is 0 Å². The molecule has 2 aliphatic rings. The molecule has 2 aliphatic heterocycles. The van der Waals surface area contributed by atoms with Gasteiger partial charge in [-0.1, -0.05) is 6.92 Å². The summed E-state index contributed by atoms with van der Waals surface area (Å²) in [5, 5.41) is 28.3. The Morgan fingerprint density at radius 1 is 0.941 bits per heavy atom. The summed E-state index contributed by atoms with van der Waals surface area (Å²) in [6.07, 6.45) is 1.23. The molecule has 2 fully saturated rings. The predicted octanol–water partition coefficient (Wildman–Crippen LogP) is -0.441. The van der Waals surface area contributed by atoms with Crippen molar-refractivity contribution in [1.29, 1.82) is 0 Å². The quantitative estimate of drug-likeness (QED) is 0.259. The van der Waals surface area contributed by atoms with E-state index in [0.29, 0.717) is 20.0 Å². The van der Waals surface area contributed by atoms with Crippen molar-refractivity contribution in [2.75, 3.05) is 18.1 Å². The van der Waals surface area contributed by atoms with Gasteiger partial charge in [0.15, 0.2) is 0 Å². The van der Waals surface area contributed by atoms with Crippen molar-refractivity contribution in [2.45, 2.75) is 63.1 Å². The van der Waals surface area contributed by atoms with Crippen molar-refractivity contribution < 1.29 is 24.8 Å². The average molecular weight is 704 g/mol. The maximum atomic E-state index is 11.7. The van der Waals surface area contributed by atoms with E-state index in [1.54, 1.807) is 6.20 Å². The van der Waals surface area contributed by atoms with E-state index in [2.05, 4.69) is 9.97 Å². The van der Waals surface area contributed by atoms with Crippen LogP contribution >= 0.6 is 45.2 Å². The van der Waals surface area contributed by atoms with Gasteiger partial charge in [0.05, 0.1) is 32.1 Å². The van der Waals surface area contributed by atoms with Gasteiger partial charge in [0, 0.05) is 25.2 Å². The molecule has 0 spiro atoms. The molecule has 0 aliphatic carbocycles. The van der Waals surface area contributed by atoms with Crippen LogP contribution in [0.15, 0.2) is 22.0 Å². The number of nitrogens with two attached hydrogens (primary N) is 2. The van der Waals surface area contributed by atoms with E-state index >= 15 is 0 Å². The van der Waals surface area contributed by atoms with Gasteiger partial charge in [-0.15, -0.1) is 0 Å². The molecule has 4 heterocycles. The third kappa shape index (κ3) is 6.05. The van der Waals surface area contributed by atoms with Gasteiger partial charge in [-0.3, -0.25) is 9.13 Å². The Bertz CT molecular complexity index is 1040. The molecule has 2 aromatic heterocycles. The van der Waals surface area contributed by atoms with Gasteiger partial charge in [-0.2, -0.15) is 9.97 Å². The van der Waals surface area contributed by atoms with E-state index in [1.807, 2.05) is 52.1 Å². The van der Waals surface area contributed by atoms with Crippen molar-refractivity contribution in [3.63, 3.8) is 0 Å². The highest BCUT2D eigenvalue weighted by Gasteiger charge is 2.35. The second-order valence-electron chi connectivity index (χ2n) is 7.78. The van der Waals surface area contributed by atoms with Crippen molar-refractivity contribution in [3.05, 3.63) is 40.5 Å². The maximum Gasteiger partial charge on any atom is 0.351 e. The molecule has 7 N–H and O–H groups in total. The smallest absolute Gasteiger partial charge is 0.351 e. The van der Waals surface area contributed by atoms with Crippen LogP contribution in [0.3, 0.4) is 0 Å². The summed E-state index contributed by atoms with van der Waals surface area (Å²) in [5.74, 6) is 0.390. The van der Waals surface area contributed by atoms with Gasteiger partial charge in [0.2, 0.25) is 0 Å². The Hall–Kier alpha value is -1.38. The second kappa shape index (κ2) is 11.6. The second-order valence-corrected chi connectivity index (χ2v) is 10.1. The first kappa shape index (κ1) is 27.2. The van der Waals surface area contributed by atoms with E-state index in [-0.39, 0.29) is 30.8 Å². The SMILES string of the molecule is CCC1OC(n2cc(I)c(N)nc2=O)CC1O.Nc1nc(=O)n(C2CC(O)C(CO)O2)cc1I. The van der Waals surface area contributed by atoms with E-state index in [0.717, 1.165) is 0 Å². The van der Waals surface area contributed by atoms with Crippen molar-refractivity contribution >= 4 is 56.8 Å². The number of rotatable bonds is 4. The molecule has 15 heteroatoms. The minimum atomic E-state index is -0.785. The summed E-state index contributed by atoms with van der Waals surface area (Å²) in [7, 11) is 0. The molecule has 13 nitrogen and oxygen atoms in total. The Morgan fingerprint density at radius 2 is 1.35 bits per heavy atom. The van der Waals surface area contributed by atoms with Gasteiger partial charge in [-0.05, 0) is 51.6 Å². The Morgan fingerprint density at radius 3 is 1.71 bits per heavy atom. The number of halogens is 2. The molecule has 0 bridgehead atoms. The minimum absolute atomic E-state index is 0.170. The summed E-state index contributed by atoms with van der Waals surface area (Å²) in [5.41, 5.74) is 10.1. The fourth-order valence-electron chi connectivity index (χ4n) is 3.63. The summed E-state index contributed by atoms with van der Waals surface area (Å²) in [6.45, 7) is 1.65. The molecule has 4 rings (SSSR count). The predicted molar refractivity (Wildman–Crippen MR) is 138 cm³/mol. The zero-order valence-electron chi connectivity index (χ0n) is 18.1. The number of aliphatic hydroxyl groups is 3. The summed E-state index contributed by atoms with van der Waals surface area (Å²) in [6, 6.07) is 0. The summed E-state index contributed by atoms with van der Waals surface area (Å²) in [4.78, 5) is 30.7. The van der Waals surface area contributed by atoms with Gasteiger partial charge in [-0.25, -0.2) is 9.59 Å². The first-order valence-corrected chi connectivity index (χ1v) is 12.6. The van der Waals surface area contributed by atoms with Crippen LogP contribution in [0.1, 0.15) is 38.6 Å². The summed E-state index contributed by atoms with van der Waals surface area (Å²) < 4.78 is 15.0. The number of hydrogen-bond acceptors (Lipinski definition) is 11. The lowest BCUT2D eigenvalue weighted by molar-refractivity contribution is -0.0459. The number of aliphatic hydroxyl groups excluding tert-OH is 3. The number of aromatic nitrogens is 4. The van der Waals surface area contributed by atoms with E-state index < -0.39 is 42.1 Å². The Labute approximate surface area is 221 Å². The van der Waals surface area contributed by atoms with Crippen molar-refractivity contribution in [2.24, 2.45) is 0 Å². The lowest BCUT2D eigenvalue weighted by Crippen LogP contribution is -2.28. The number of hydrogen-bond donors (Lipinski definition) is 5. The van der Waals surface area contributed by atoms with Gasteiger partial charge < -0.3 is 36.3 Å². The molecule has 34 heavy (non-hydrogen) atoms. The van der Waals surface area contributed by atoms with Crippen molar-refractivity contribution in [1.82, 2.24) is 19.1 Å². The van der Waals surface area contributed by atoms with Gasteiger partial charge in [0.25, 0.3) is 0 Å². The van der Waals surface area contributed by atoms with Crippen LogP contribution in [-0.2, 0) is 9.47 Å². The third-order valence-corrected chi connectivity index (χ3v) is 7.14. The van der Waals surface area contributed by atoms with E-state index in [9.17, 15) is 19.8 Å². The van der Waals surface area contributed by atoms with Crippen LogP contribution in [0.25, 0.3) is 0 Å². The fraction of sp³-hybridized carbons (Fsp3) is 0.579. The summed E-state index contributed by atoms with van der Waals surface area (Å²) >= 11 is 3.97. The monoisotopic (exact) mass is 704 g/mol. The topological polar surface area (TPSA) is 201 Å². The van der Waals surface area contributed by atoms with E-state index in [1.165, 1.54) is 15.3 Å². The highest BCUT2D eigenvalue weighted by atomic mass is 127. The van der Waals surface area contributed by atoms with Crippen LogP contribution in [0.2, 0.25) is 0 Å². The molecule has 0 radical (unpaired) electrons. The largest absolute Gasteiger partial charge is 0.394 e. The molecule has 2 aromatic rings. The van der Waals surface area contributed by atoms with Crippen molar-refractivity contribution in [3.8, 4) is 0 Å². The molecular weight excluding hydrogens is 678 g/mol. The molecular formula is C19H26I2N6O7. The molecule has 0 saturated carbocycles. The number of nitrogen functional groups attached to an aromatic ring is 2. The molecule has 6 atom stereocenters. The first-order chi connectivity index (χ1) is 16.0. The standard InChI is InChI=1S/C10H14IN3O3.C9H12IN3O4/c1-2-7-6(15)3-8(17-7)14-4-5(11)9(12)13-10(14)16;10-4-2-13(9(16)12-8(4)11)7-1-5(15)6(3-14)17-7/h4,6-8,15H,2-3H2,1H3,(H2,12,13,16);2,5-7,14-15H,1,3H2,(H2,11,12,16). The Balaban J connectivity index is 0.000000191. The van der Waals surface area contributed by atoms with Crippen LogP contribution in [0, 0.1) is 7.14 Å². The molecule has 0 amide bonds. The average Bonchev–Trinajstić information content (AvgIpc) is 3.35. The number of anilines is 2. The normalized spacial score (nSPS) is 28.5. The maximum absolute atomic E-state index is 11.7. The lowest BCUT2D eigenvalue weighted by Gasteiger charge is -2.15. The molecule has 188 valence electrons. The molecule has 6 unspecified atom stereocenters. The highest BCUT2D eigenvalue weighted by molar-refractivity contribution is 14.1. The van der Waals surface area contributed by atoms with Crippen LogP contribution in [-0.4, -0.2) is 65.4 Å². The minimum Gasteiger partial charge on any atom is -0.394 e. The van der Waals surface area contributed by atoms with Crippen LogP contribution < -0.4 is 22.8 Å². The molecule has 2 saturated heterocycles. The van der Waals surface area contributed by atoms with Crippen LogP contribution in [0.4, 0.5) is 11.6 Å². The zero-order valence-corrected chi connectivity index (χ0v) is 22.4.